The molecule has 0 radical (unpaired) electrons. The summed E-state index contributed by atoms with van der Waals surface area (Å²) in [6, 6.07) is 47.7. The fraction of sp³-hybridized carbons (Fsp3) is 0.404. The van der Waals surface area contributed by atoms with E-state index in [1.807, 2.05) is 30.3 Å². The largest absolute Gasteiger partial charge is 0.322 e. The van der Waals surface area contributed by atoms with E-state index in [2.05, 4.69) is 113 Å². The van der Waals surface area contributed by atoms with Gasteiger partial charge in [0.15, 0.2) is 5.78 Å². The zero-order valence-corrected chi connectivity index (χ0v) is 32.9. The molecule has 0 aromatic heterocycles. The molecule has 2 spiro atoms. The van der Waals surface area contributed by atoms with E-state index in [1.54, 1.807) is 0 Å². The van der Waals surface area contributed by atoms with E-state index < -0.39 is 0 Å². The Bertz CT molecular complexity index is 2090. The molecule has 3 bridgehead atoms. The maximum absolute atomic E-state index is 13.7. The number of hydrogen-bond acceptors (Lipinski definition) is 4. The molecule has 4 fully saturated rings. The lowest BCUT2D eigenvalue weighted by Gasteiger charge is -2.59. The van der Waals surface area contributed by atoms with Gasteiger partial charge in [0.1, 0.15) is 5.66 Å². The van der Waals surface area contributed by atoms with Crippen LogP contribution in [0.2, 0.25) is 0 Å². The number of ketones is 1. The summed E-state index contributed by atoms with van der Waals surface area (Å²) >= 11 is 0. The van der Waals surface area contributed by atoms with Gasteiger partial charge in [-0.3, -0.25) is 10.1 Å². The zero-order valence-electron chi connectivity index (χ0n) is 32.9. The number of piperidine rings is 1. The Morgan fingerprint density at radius 1 is 0.571 bits per heavy atom. The van der Waals surface area contributed by atoms with E-state index in [-0.39, 0.29) is 17.0 Å². The van der Waals surface area contributed by atoms with Crippen molar-refractivity contribution in [1.29, 1.82) is 0 Å². The predicted octanol–water partition coefficient (Wildman–Crippen LogP) is 13.4. The molecule has 0 amide bonds. The molecule has 3 heterocycles. The van der Waals surface area contributed by atoms with Crippen LogP contribution < -0.4 is 15.1 Å². The van der Waals surface area contributed by atoms with Crippen molar-refractivity contribution < 1.29 is 4.79 Å². The number of anilines is 5. The number of para-hydroxylation sites is 2. The second-order valence-corrected chi connectivity index (χ2v) is 17.8. The standard InChI is InChI=1S/C52H57N3O/c56-50(39-18-6-1-7-19-39)40-27-29-43(30-28-40)55-49-32-31-44(54(41-21-9-2-10-22-41)42-23-11-3-12-24-42)37-46(49)48-33-36-51-34-15-5-8-17-38(20-16-35-51)45-25-13-4-14-26-47(45)52(48,55)53-51/h1-3,6-7,9-12,18-19,21-24,27-32,37-38,45,47-48,53H,4-5,8,13-17,20,25-26,33-36H2. The summed E-state index contributed by atoms with van der Waals surface area (Å²) in [5, 5.41) is 4.81. The van der Waals surface area contributed by atoms with Gasteiger partial charge in [-0.1, -0.05) is 125 Å². The van der Waals surface area contributed by atoms with Crippen LogP contribution in [0.4, 0.5) is 28.4 Å². The third-order valence-corrected chi connectivity index (χ3v) is 14.8. The minimum Gasteiger partial charge on any atom is -0.322 e. The van der Waals surface area contributed by atoms with E-state index in [4.69, 9.17) is 5.32 Å². The third kappa shape index (κ3) is 6.20. The quantitative estimate of drug-likeness (QED) is 0.176. The van der Waals surface area contributed by atoms with E-state index in [0.29, 0.717) is 17.8 Å². The van der Waals surface area contributed by atoms with Crippen molar-refractivity contribution in [2.24, 2.45) is 17.8 Å². The molecule has 286 valence electrons. The Morgan fingerprint density at radius 3 is 1.95 bits per heavy atom. The highest BCUT2D eigenvalue weighted by atomic mass is 16.1. The van der Waals surface area contributed by atoms with Gasteiger partial charge < -0.3 is 9.80 Å². The SMILES string of the molecule is O=C(c1ccccc1)c1ccc(N2c3ccc(N(c4ccccc4)c4ccccc4)cc3C3CCC45CCCCCC(CCC4)C4CCCCCC4C32N5)cc1. The fourth-order valence-corrected chi connectivity index (χ4v) is 12.4. The molecule has 5 aromatic carbocycles. The van der Waals surface area contributed by atoms with Crippen LogP contribution in [-0.4, -0.2) is 17.0 Å². The van der Waals surface area contributed by atoms with E-state index in [0.717, 1.165) is 17.0 Å². The van der Waals surface area contributed by atoms with Crippen LogP contribution in [0.3, 0.4) is 0 Å². The Morgan fingerprint density at radius 2 is 1.20 bits per heavy atom. The molecule has 4 heteroatoms. The summed E-state index contributed by atoms with van der Waals surface area (Å²) in [7, 11) is 0. The molecule has 4 nitrogen and oxygen atoms in total. The van der Waals surface area contributed by atoms with Gasteiger partial charge in [0.05, 0.1) is 0 Å². The van der Waals surface area contributed by atoms with Crippen molar-refractivity contribution in [1.82, 2.24) is 5.32 Å². The van der Waals surface area contributed by atoms with Crippen LogP contribution in [0.15, 0.2) is 133 Å². The monoisotopic (exact) mass is 739 g/mol. The lowest BCUT2D eigenvalue weighted by Crippen LogP contribution is -2.72. The number of nitrogens with zero attached hydrogens (tertiary/aromatic N) is 2. The molecule has 6 unspecified atom stereocenters. The molecule has 3 aliphatic heterocycles. The highest BCUT2D eigenvalue weighted by molar-refractivity contribution is 6.09. The smallest absolute Gasteiger partial charge is 0.193 e. The van der Waals surface area contributed by atoms with Crippen molar-refractivity contribution in [2.75, 3.05) is 9.80 Å². The Hall–Kier alpha value is -4.67. The maximum Gasteiger partial charge on any atom is 0.193 e. The molecule has 5 aliphatic rings. The fourth-order valence-electron chi connectivity index (χ4n) is 12.4. The van der Waals surface area contributed by atoms with Crippen LogP contribution in [0.1, 0.15) is 124 Å². The Kier molecular flexibility index (Phi) is 9.58. The van der Waals surface area contributed by atoms with Crippen LogP contribution in [0, 0.1) is 17.8 Å². The van der Waals surface area contributed by atoms with Gasteiger partial charge in [0, 0.05) is 51.0 Å². The molecular formula is C52H57N3O. The Labute approximate surface area is 334 Å². The number of carbonyl (C=O) groups is 1. The number of nitrogens with one attached hydrogen (secondary N) is 1. The summed E-state index contributed by atoms with van der Waals surface area (Å²) < 4.78 is 0. The highest BCUT2D eigenvalue weighted by Gasteiger charge is 2.63. The number of hydrogen-bond donors (Lipinski definition) is 1. The lowest BCUT2D eigenvalue weighted by atomic mass is 9.63. The number of benzene rings is 5. The third-order valence-electron chi connectivity index (χ3n) is 14.8. The molecule has 1 N–H and O–H groups in total. The van der Waals surface area contributed by atoms with Gasteiger partial charge >= 0.3 is 0 Å². The molecular weight excluding hydrogens is 683 g/mol. The molecule has 56 heavy (non-hydrogen) atoms. The van der Waals surface area contributed by atoms with Crippen LogP contribution in [0.5, 0.6) is 0 Å². The first-order valence-corrected chi connectivity index (χ1v) is 22.0. The average molecular weight is 740 g/mol. The normalized spacial score (nSPS) is 28.5. The summed E-state index contributed by atoms with van der Waals surface area (Å²) in [6.07, 6.45) is 19.9. The van der Waals surface area contributed by atoms with Crippen molar-refractivity contribution >= 4 is 34.2 Å². The number of carbonyl (C=O) groups excluding carboxylic acids is 1. The topological polar surface area (TPSA) is 35.6 Å². The van der Waals surface area contributed by atoms with E-state index >= 15 is 0 Å². The van der Waals surface area contributed by atoms with Gasteiger partial charge in [0.25, 0.3) is 0 Å². The lowest BCUT2D eigenvalue weighted by molar-refractivity contribution is 0.0233. The van der Waals surface area contributed by atoms with Gasteiger partial charge in [-0.05, 0) is 129 Å². The molecule has 2 aliphatic carbocycles. The summed E-state index contributed by atoms with van der Waals surface area (Å²) in [5.41, 5.74) is 9.02. The minimum atomic E-state index is -0.240. The van der Waals surface area contributed by atoms with Crippen molar-refractivity contribution in [3.05, 3.63) is 150 Å². The first-order valence-electron chi connectivity index (χ1n) is 22.0. The van der Waals surface area contributed by atoms with Crippen molar-refractivity contribution in [2.45, 2.75) is 113 Å². The van der Waals surface area contributed by atoms with Crippen LogP contribution >= 0.6 is 0 Å². The second kappa shape index (κ2) is 15.0. The van der Waals surface area contributed by atoms with Gasteiger partial charge in [-0.2, -0.15) is 0 Å². The highest BCUT2D eigenvalue weighted by Crippen LogP contribution is 2.64. The Balaban J connectivity index is 1.18. The maximum atomic E-state index is 13.7. The minimum absolute atomic E-state index is 0.0869. The van der Waals surface area contributed by atoms with Crippen LogP contribution in [-0.2, 0) is 0 Å². The summed E-state index contributed by atoms with van der Waals surface area (Å²) in [4.78, 5) is 19.0. The molecule has 2 saturated carbocycles. The van der Waals surface area contributed by atoms with E-state index in [1.165, 1.54) is 130 Å². The average Bonchev–Trinajstić information content (AvgIpc) is 3.34. The van der Waals surface area contributed by atoms with Gasteiger partial charge in [0.2, 0.25) is 0 Å². The van der Waals surface area contributed by atoms with Crippen molar-refractivity contribution in [3.8, 4) is 0 Å². The molecule has 10 rings (SSSR count). The first kappa shape index (κ1) is 35.7. The molecule has 6 atom stereocenters. The van der Waals surface area contributed by atoms with Gasteiger partial charge in [-0.25, -0.2) is 0 Å². The van der Waals surface area contributed by atoms with Crippen LogP contribution in [0.25, 0.3) is 0 Å². The van der Waals surface area contributed by atoms with Gasteiger partial charge in [-0.15, -0.1) is 0 Å². The second-order valence-electron chi connectivity index (χ2n) is 17.8. The number of fused-ring (bicyclic) bond motifs is 7. The first-order chi connectivity index (χ1) is 27.6. The zero-order chi connectivity index (χ0) is 37.5. The summed E-state index contributed by atoms with van der Waals surface area (Å²) in [5.74, 6) is 2.48. The summed E-state index contributed by atoms with van der Waals surface area (Å²) in [6.45, 7) is 0. The molecule has 2 saturated heterocycles. The molecule has 5 aromatic rings. The van der Waals surface area contributed by atoms with Crippen molar-refractivity contribution in [3.63, 3.8) is 0 Å². The number of rotatable bonds is 6. The van der Waals surface area contributed by atoms with E-state index in [9.17, 15) is 4.79 Å². The predicted molar refractivity (Wildman–Crippen MR) is 231 cm³/mol.